The summed E-state index contributed by atoms with van der Waals surface area (Å²) in [7, 11) is 0. The van der Waals surface area contributed by atoms with Crippen LogP contribution in [0.25, 0.3) is 55.3 Å². The van der Waals surface area contributed by atoms with Crippen LogP contribution in [0, 0.1) is 0 Å². The maximum atomic E-state index is 6.88. The molecular formula is C45H33NO. The lowest BCUT2D eigenvalue weighted by molar-refractivity contribution is 0.653. The molecule has 1 aromatic heterocycles. The van der Waals surface area contributed by atoms with E-state index in [2.05, 4.69) is 183 Å². The van der Waals surface area contributed by atoms with Crippen molar-refractivity contribution in [1.82, 2.24) is 0 Å². The highest BCUT2D eigenvalue weighted by Crippen LogP contribution is 2.53. The van der Waals surface area contributed by atoms with Crippen molar-refractivity contribution >= 4 is 39.0 Å². The van der Waals surface area contributed by atoms with Crippen LogP contribution in [0.3, 0.4) is 0 Å². The fraction of sp³-hybridized carbons (Fsp3) is 0.0667. The van der Waals surface area contributed by atoms with Crippen molar-refractivity contribution < 1.29 is 4.42 Å². The summed E-state index contributed by atoms with van der Waals surface area (Å²) in [6, 6.07) is 58.6. The third-order valence-electron chi connectivity index (χ3n) is 9.89. The molecule has 0 radical (unpaired) electrons. The van der Waals surface area contributed by atoms with Gasteiger partial charge in [-0.2, -0.15) is 0 Å². The molecular weight excluding hydrogens is 571 g/mol. The van der Waals surface area contributed by atoms with E-state index in [1.165, 1.54) is 38.8 Å². The Labute approximate surface area is 275 Å². The zero-order valence-electron chi connectivity index (χ0n) is 26.4. The molecule has 0 saturated heterocycles. The maximum absolute atomic E-state index is 6.88. The van der Waals surface area contributed by atoms with Crippen LogP contribution in [-0.4, -0.2) is 0 Å². The van der Waals surface area contributed by atoms with Crippen molar-refractivity contribution in [1.29, 1.82) is 0 Å². The lowest BCUT2D eigenvalue weighted by Crippen LogP contribution is -2.14. The average molecular weight is 604 g/mol. The summed E-state index contributed by atoms with van der Waals surface area (Å²) in [6.07, 6.45) is 0. The standard InChI is InChI=1S/C45H33NO/c1-45(2)40-19-10-9-16-39(40)42-41(45)29-28-38-37-18-11-17-36(43(37)47-44(38)42)32-22-26-35(27-23-32)46(33-14-7-4-8-15-33)34-24-20-31(21-25-34)30-12-5-3-6-13-30/h3-29H,1-2H3. The van der Waals surface area contributed by atoms with Gasteiger partial charge in [0.15, 0.2) is 0 Å². The topological polar surface area (TPSA) is 16.4 Å². The molecule has 0 spiro atoms. The van der Waals surface area contributed by atoms with E-state index >= 15 is 0 Å². The maximum Gasteiger partial charge on any atom is 0.143 e. The Morgan fingerprint density at radius 3 is 1.68 bits per heavy atom. The first kappa shape index (κ1) is 27.5. The molecule has 7 aromatic carbocycles. The third-order valence-corrected chi connectivity index (χ3v) is 9.89. The minimum Gasteiger partial charge on any atom is -0.455 e. The minimum atomic E-state index is -0.0652. The van der Waals surface area contributed by atoms with E-state index in [1.54, 1.807) is 0 Å². The molecule has 0 aliphatic heterocycles. The number of rotatable bonds is 5. The summed E-state index contributed by atoms with van der Waals surface area (Å²) in [5, 5.41) is 2.31. The first-order valence-electron chi connectivity index (χ1n) is 16.3. The third kappa shape index (κ3) is 4.33. The van der Waals surface area contributed by atoms with E-state index in [1.807, 2.05) is 0 Å². The number of para-hydroxylation sites is 2. The van der Waals surface area contributed by atoms with Crippen LogP contribution in [0.5, 0.6) is 0 Å². The summed E-state index contributed by atoms with van der Waals surface area (Å²) >= 11 is 0. The van der Waals surface area contributed by atoms with E-state index in [4.69, 9.17) is 4.42 Å². The van der Waals surface area contributed by atoms with Crippen molar-refractivity contribution in [3.8, 4) is 33.4 Å². The molecule has 0 atom stereocenters. The van der Waals surface area contributed by atoms with Gasteiger partial charge in [0.2, 0.25) is 0 Å². The fourth-order valence-corrected chi connectivity index (χ4v) is 7.52. The Morgan fingerprint density at radius 2 is 0.957 bits per heavy atom. The Hall–Kier alpha value is -5.86. The minimum absolute atomic E-state index is 0.0652. The molecule has 0 bridgehead atoms. The number of nitrogens with zero attached hydrogens (tertiary/aromatic N) is 1. The lowest BCUT2D eigenvalue weighted by atomic mass is 9.82. The number of hydrogen-bond acceptors (Lipinski definition) is 2. The largest absolute Gasteiger partial charge is 0.455 e. The first-order chi connectivity index (χ1) is 23.1. The van der Waals surface area contributed by atoms with Crippen LogP contribution in [0.4, 0.5) is 17.1 Å². The van der Waals surface area contributed by atoms with Crippen molar-refractivity contribution in [3.05, 3.63) is 175 Å². The SMILES string of the molecule is CC1(C)c2ccccc2-c2c1ccc1c2oc2c(-c3ccc(N(c4ccccc4)c4ccc(-c5ccccc5)cc4)cc3)cccc21. The molecule has 0 amide bonds. The van der Waals surface area contributed by atoms with Gasteiger partial charge >= 0.3 is 0 Å². The highest BCUT2D eigenvalue weighted by Gasteiger charge is 2.37. The molecule has 1 aliphatic rings. The van der Waals surface area contributed by atoms with E-state index in [9.17, 15) is 0 Å². The summed E-state index contributed by atoms with van der Waals surface area (Å²) in [5.41, 5.74) is 15.0. The summed E-state index contributed by atoms with van der Waals surface area (Å²) in [4.78, 5) is 2.31. The fourth-order valence-electron chi connectivity index (χ4n) is 7.52. The highest BCUT2D eigenvalue weighted by molar-refractivity contribution is 6.14. The predicted molar refractivity (Wildman–Crippen MR) is 197 cm³/mol. The lowest BCUT2D eigenvalue weighted by Gasteiger charge is -2.26. The van der Waals surface area contributed by atoms with Crippen molar-refractivity contribution in [2.45, 2.75) is 19.3 Å². The Bertz CT molecular complexity index is 2400. The zero-order valence-corrected chi connectivity index (χ0v) is 26.4. The van der Waals surface area contributed by atoms with Crippen LogP contribution >= 0.6 is 0 Å². The molecule has 47 heavy (non-hydrogen) atoms. The van der Waals surface area contributed by atoms with Gasteiger partial charge in [0.05, 0.1) is 0 Å². The highest BCUT2D eigenvalue weighted by atomic mass is 16.3. The van der Waals surface area contributed by atoms with Gasteiger partial charge in [0, 0.05) is 44.4 Å². The number of furan rings is 1. The Kier molecular flexibility index (Phi) is 6.20. The van der Waals surface area contributed by atoms with Gasteiger partial charge < -0.3 is 9.32 Å². The molecule has 8 aromatic rings. The Morgan fingerprint density at radius 1 is 0.404 bits per heavy atom. The quantitative estimate of drug-likeness (QED) is 0.195. The summed E-state index contributed by atoms with van der Waals surface area (Å²) < 4.78 is 6.88. The van der Waals surface area contributed by atoms with Crippen LogP contribution in [-0.2, 0) is 5.41 Å². The average Bonchev–Trinajstić information content (AvgIpc) is 3.62. The molecule has 0 unspecified atom stereocenters. The van der Waals surface area contributed by atoms with Gasteiger partial charge in [-0.1, -0.05) is 141 Å². The second-order valence-corrected chi connectivity index (χ2v) is 13.0. The first-order valence-corrected chi connectivity index (χ1v) is 16.3. The molecule has 2 nitrogen and oxygen atoms in total. The van der Waals surface area contributed by atoms with E-state index in [-0.39, 0.29) is 5.41 Å². The van der Waals surface area contributed by atoms with Gasteiger partial charge in [0.25, 0.3) is 0 Å². The molecule has 9 rings (SSSR count). The van der Waals surface area contributed by atoms with Gasteiger partial charge in [-0.15, -0.1) is 0 Å². The van der Waals surface area contributed by atoms with Gasteiger partial charge in [-0.25, -0.2) is 0 Å². The van der Waals surface area contributed by atoms with Crippen LogP contribution in [0.2, 0.25) is 0 Å². The van der Waals surface area contributed by atoms with E-state index in [0.717, 1.165) is 44.7 Å². The second-order valence-electron chi connectivity index (χ2n) is 13.0. The van der Waals surface area contributed by atoms with Crippen LogP contribution in [0.1, 0.15) is 25.0 Å². The monoisotopic (exact) mass is 603 g/mol. The smallest absolute Gasteiger partial charge is 0.143 e. The molecule has 2 heteroatoms. The molecule has 1 aliphatic carbocycles. The van der Waals surface area contributed by atoms with Gasteiger partial charge in [-0.05, 0) is 69.8 Å². The van der Waals surface area contributed by atoms with Gasteiger partial charge in [-0.3, -0.25) is 0 Å². The molecule has 0 N–H and O–H groups in total. The molecule has 0 saturated carbocycles. The van der Waals surface area contributed by atoms with Crippen molar-refractivity contribution in [2.75, 3.05) is 4.90 Å². The van der Waals surface area contributed by atoms with Crippen molar-refractivity contribution in [3.63, 3.8) is 0 Å². The normalized spacial score (nSPS) is 13.1. The van der Waals surface area contributed by atoms with Gasteiger partial charge in [0.1, 0.15) is 11.2 Å². The molecule has 1 heterocycles. The number of benzene rings is 7. The number of anilines is 3. The second kappa shape index (κ2) is 10.6. The Balaban J connectivity index is 1.13. The number of fused-ring (bicyclic) bond motifs is 7. The summed E-state index contributed by atoms with van der Waals surface area (Å²) in [6.45, 7) is 4.63. The molecule has 0 fully saturated rings. The summed E-state index contributed by atoms with van der Waals surface area (Å²) in [5.74, 6) is 0. The molecule has 224 valence electrons. The zero-order chi connectivity index (χ0) is 31.5. The van der Waals surface area contributed by atoms with E-state index in [0.29, 0.717) is 0 Å². The van der Waals surface area contributed by atoms with Crippen molar-refractivity contribution in [2.24, 2.45) is 0 Å². The van der Waals surface area contributed by atoms with Crippen LogP contribution in [0.15, 0.2) is 168 Å². The number of hydrogen-bond donors (Lipinski definition) is 0. The van der Waals surface area contributed by atoms with E-state index < -0.39 is 0 Å². The predicted octanol–water partition coefficient (Wildman–Crippen LogP) is 12.7. The van der Waals surface area contributed by atoms with Crippen LogP contribution < -0.4 is 4.90 Å².